The van der Waals surface area contributed by atoms with E-state index in [1.807, 2.05) is 0 Å². The Kier molecular flexibility index (Phi) is 4.69. The molecule has 1 atom stereocenters. The van der Waals surface area contributed by atoms with Gasteiger partial charge in [0.1, 0.15) is 5.82 Å². The zero-order valence-electron chi connectivity index (χ0n) is 10.7. The predicted molar refractivity (Wildman–Crippen MR) is 71.5 cm³/mol. The van der Waals surface area contributed by atoms with E-state index in [1.165, 1.54) is 12.1 Å². The van der Waals surface area contributed by atoms with Gasteiger partial charge in [-0.25, -0.2) is 4.39 Å². The summed E-state index contributed by atoms with van der Waals surface area (Å²) in [5.41, 5.74) is 12.9. The summed E-state index contributed by atoms with van der Waals surface area (Å²) in [4.78, 5) is 2.38. The van der Waals surface area contributed by atoms with Gasteiger partial charge in [-0.15, -0.1) is 0 Å². The van der Waals surface area contributed by atoms with Crippen molar-refractivity contribution in [3.05, 3.63) is 35.6 Å². The summed E-state index contributed by atoms with van der Waals surface area (Å²) in [5, 5.41) is 0. The van der Waals surface area contributed by atoms with Crippen LogP contribution in [-0.2, 0) is 0 Å². The maximum absolute atomic E-state index is 12.9. The zero-order chi connectivity index (χ0) is 13.0. The van der Waals surface area contributed by atoms with E-state index in [1.54, 1.807) is 12.1 Å². The summed E-state index contributed by atoms with van der Waals surface area (Å²) < 4.78 is 12.9. The first kappa shape index (κ1) is 13.5. The van der Waals surface area contributed by atoms with Crippen molar-refractivity contribution < 1.29 is 4.39 Å². The van der Waals surface area contributed by atoms with Gasteiger partial charge in [0, 0.05) is 19.1 Å². The van der Waals surface area contributed by atoms with Crippen LogP contribution in [0.2, 0.25) is 0 Å². The molecule has 0 aromatic heterocycles. The first-order valence-corrected chi connectivity index (χ1v) is 6.64. The molecular formula is C14H22FN3. The first-order chi connectivity index (χ1) is 8.70. The van der Waals surface area contributed by atoms with Crippen LogP contribution >= 0.6 is 0 Å². The maximum atomic E-state index is 12.9. The van der Waals surface area contributed by atoms with Crippen molar-refractivity contribution in [2.75, 3.05) is 26.2 Å². The van der Waals surface area contributed by atoms with Crippen molar-refractivity contribution in [2.45, 2.75) is 18.9 Å². The number of benzene rings is 1. The number of piperidine rings is 1. The third-order valence-electron chi connectivity index (χ3n) is 3.84. The molecule has 1 saturated heterocycles. The van der Waals surface area contributed by atoms with Crippen molar-refractivity contribution in [3.8, 4) is 0 Å². The predicted octanol–water partition coefficient (Wildman–Crippen LogP) is 1.50. The van der Waals surface area contributed by atoms with Crippen molar-refractivity contribution in [3.63, 3.8) is 0 Å². The van der Waals surface area contributed by atoms with Crippen molar-refractivity contribution in [1.29, 1.82) is 0 Å². The smallest absolute Gasteiger partial charge is 0.123 e. The Morgan fingerprint density at radius 3 is 2.39 bits per heavy atom. The van der Waals surface area contributed by atoms with Gasteiger partial charge >= 0.3 is 0 Å². The highest BCUT2D eigenvalue weighted by molar-refractivity contribution is 5.20. The number of nitrogens with zero attached hydrogens (tertiary/aromatic N) is 1. The van der Waals surface area contributed by atoms with Gasteiger partial charge in [0.25, 0.3) is 0 Å². The SMILES string of the molecule is NCCN1CCC(C(N)c2ccc(F)cc2)CC1. The first-order valence-electron chi connectivity index (χ1n) is 6.64. The molecule has 0 amide bonds. The summed E-state index contributed by atoms with van der Waals surface area (Å²) in [6.45, 7) is 3.82. The lowest BCUT2D eigenvalue weighted by Gasteiger charge is -2.34. The van der Waals surface area contributed by atoms with Crippen LogP contribution in [0.3, 0.4) is 0 Å². The van der Waals surface area contributed by atoms with E-state index in [0.717, 1.165) is 38.0 Å². The Hall–Kier alpha value is -0.970. The number of nitrogens with two attached hydrogens (primary N) is 2. The second-order valence-corrected chi connectivity index (χ2v) is 5.05. The van der Waals surface area contributed by atoms with Crippen LogP contribution in [0.1, 0.15) is 24.4 Å². The number of rotatable bonds is 4. The fourth-order valence-electron chi connectivity index (χ4n) is 2.68. The minimum atomic E-state index is -0.205. The molecule has 2 rings (SSSR count). The number of halogens is 1. The molecule has 1 aliphatic rings. The fraction of sp³-hybridized carbons (Fsp3) is 0.571. The lowest BCUT2D eigenvalue weighted by molar-refractivity contribution is 0.173. The molecule has 0 bridgehead atoms. The highest BCUT2D eigenvalue weighted by Crippen LogP contribution is 2.28. The molecule has 0 spiro atoms. The molecule has 0 aliphatic carbocycles. The van der Waals surface area contributed by atoms with Crippen LogP contribution in [0.4, 0.5) is 4.39 Å². The van der Waals surface area contributed by atoms with Gasteiger partial charge in [-0.3, -0.25) is 0 Å². The fourth-order valence-corrected chi connectivity index (χ4v) is 2.68. The van der Waals surface area contributed by atoms with Crippen LogP contribution in [-0.4, -0.2) is 31.1 Å². The molecular weight excluding hydrogens is 229 g/mol. The topological polar surface area (TPSA) is 55.3 Å². The lowest BCUT2D eigenvalue weighted by Crippen LogP contribution is -2.39. The quantitative estimate of drug-likeness (QED) is 0.852. The standard InChI is InChI=1S/C14H22FN3/c15-13-3-1-11(2-4-13)14(17)12-5-8-18(9-6-12)10-7-16/h1-4,12,14H,5-10,16-17H2. The number of likely N-dealkylation sites (tertiary alicyclic amines) is 1. The molecule has 3 nitrogen and oxygen atoms in total. The van der Waals surface area contributed by atoms with Crippen molar-refractivity contribution in [1.82, 2.24) is 4.90 Å². The second kappa shape index (κ2) is 6.27. The maximum Gasteiger partial charge on any atom is 0.123 e. The Morgan fingerprint density at radius 2 is 1.83 bits per heavy atom. The van der Waals surface area contributed by atoms with Crippen molar-refractivity contribution >= 4 is 0 Å². The molecule has 4 N–H and O–H groups in total. The number of hydrogen-bond donors (Lipinski definition) is 2. The normalized spacial score (nSPS) is 19.9. The van der Waals surface area contributed by atoms with Crippen LogP contribution in [0, 0.1) is 11.7 Å². The van der Waals surface area contributed by atoms with E-state index in [2.05, 4.69) is 4.90 Å². The van der Waals surface area contributed by atoms with E-state index in [0.29, 0.717) is 12.5 Å². The Balaban J connectivity index is 1.91. The Bertz CT molecular complexity index is 358. The van der Waals surface area contributed by atoms with Crippen LogP contribution in [0.25, 0.3) is 0 Å². The molecule has 1 heterocycles. The summed E-state index contributed by atoms with van der Waals surface area (Å²) in [6, 6.07) is 6.58. The van der Waals surface area contributed by atoms with Gasteiger partial charge in [-0.05, 0) is 49.5 Å². The molecule has 1 aliphatic heterocycles. The van der Waals surface area contributed by atoms with Gasteiger partial charge in [-0.2, -0.15) is 0 Å². The Labute approximate surface area is 108 Å². The van der Waals surface area contributed by atoms with E-state index in [-0.39, 0.29) is 11.9 Å². The van der Waals surface area contributed by atoms with Crippen molar-refractivity contribution in [2.24, 2.45) is 17.4 Å². The minimum Gasteiger partial charge on any atom is -0.329 e. The third-order valence-corrected chi connectivity index (χ3v) is 3.84. The molecule has 18 heavy (non-hydrogen) atoms. The summed E-state index contributed by atoms with van der Waals surface area (Å²) >= 11 is 0. The average Bonchev–Trinajstić information content (AvgIpc) is 2.40. The van der Waals surface area contributed by atoms with Gasteiger partial charge in [0.2, 0.25) is 0 Å². The largest absolute Gasteiger partial charge is 0.329 e. The summed E-state index contributed by atoms with van der Waals surface area (Å²) in [6.07, 6.45) is 2.19. The lowest BCUT2D eigenvalue weighted by atomic mass is 9.86. The van der Waals surface area contributed by atoms with Crippen LogP contribution < -0.4 is 11.5 Å². The highest BCUT2D eigenvalue weighted by atomic mass is 19.1. The zero-order valence-corrected chi connectivity index (χ0v) is 10.7. The highest BCUT2D eigenvalue weighted by Gasteiger charge is 2.24. The van der Waals surface area contributed by atoms with E-state index >= 15 is 0 Å². The average molecular weight is 251 g/mol. The summed E-state index contributed by atoms with van der Waals surface area (Å²) in [7, 11) is 0. The molecule has 1 aromatic carbocycles. The summed E-state index contributed by atoms with van der Waals surface area (Å²) in [5.74, 6) is 0.285. The molecule has 100 valence electrons. The molecule has 0 saturated carbocycles. The monoisotopic (exact) mass is 251 g/mol. The molecule has 4 heteroatoms. The van der Waals surface area contributed by atoms with E-state index < -0.39 is 0 Å². The Morgan fingerprint density at radius 1 is 1.22 bits per heavy atom. The van der Waals surface area contributed by atoms with E-state index in [9.17, 15) is 4.39 Å². The molecule has 1 fully saturated rings. The van der Waals surface area contributed by atoms with Crippen LogP contribution in [0.5, 0.6) is 0 Å². The minimum absolute atomic E-state index is 0.0191. The number of hydrogen-bond acceptors (Lipinski definition) is 3. The van der Waals surface area contributed by atoms with E-state index in [4.69, 9.17) is 11.5 Å². The van der Waals surface area contributed by atoms with Crippen LogP contribution in [0.15, 0.2) is 24.3 Å². The van der Waals surface area contributed by atoms with Gasteiger partial charge in [0.05, 0.1) is 0 Å². The molecule has 0 radical (unpaired) electrons. The third kappa shape index (κ3) is 3.28. The van der Waals surface area contributed by atoms with Gasteiger partial charge in [0.15, 0.2) is 0 Å². The molecule has 1 aromatic rings. The van der Waals surface area contributed by atoms with Gasteiger partial charge < -0.3 is 16.4 Å². The molecule has 1 unspecified atom stereocenters. The van der Waals surface area contributed by atoms with Gasteiger partial charge in [-0.1, -0.05) is 12.1 Å². The second-order valence-electron chi connectivity index (χ2n) is 5.05.